The lowest BCUT2D eigenvalue weighted by Gasteiger charge is -2.32. The molecule has 0 radical (unpaired) electrons. The number of nitrogens with zero attached hydrogens (tertiary/aromatic N) is 2. The van der Waals surface area contributed by atoms with E-state index in [4.69, 9.17) is 0 Å². The number of nitrogens with one attached hydrogen (secondary N) is 1. The minimum atomic E-state index is -0.389. The lowest BCUT2D eigenvalue weighted by Crippen LogP contribution is -2.34. The normalized spacial score (nSPS) is 17.8. The third-order valence-corrected chi connectivity index (χ3v) is 4.44. The highest BCUT2D eigenvalue weighted by molar-refractivity contribution is 5.95. The molecular formula is C18H27N3O3. The molecular weight excluding hydrogens is 306 g/mol. The second kappa shape index (κ2) is 8.13. The van der Waals surface area contributed by atoms with Gasteiger partial charge in [-0.3, -0.25) is 14.9 Å². The number of anilines is 1. The molecule has 1 fully saturated rings. The topological polar surface area (TPSA) is 75.5 Å². The molecule has 1 heterocycles. The Hall–Kier alpha value is -2.11. The average Bonchev–Trinajstić information content (AvgIpc) is 2.53. The molecule has 132 valence electrons. The molecule has 0 aliphatic carbocycles. The summed E-state index contributed by atoms with van der Waals surface area (Å²) in [6.07, 6.45) is 3.08. The van der Waals surface area contributed by atoms with E-state index < -0.39 is 0 Å². The molecule has 6 nitrogen and oxygen atoms in total. The maximum atomic E-state index is 12.2. The van der Waals surface area contributed by atoms with Crippen molar-refractivity contribution >= 4 is 17.3 Å². The van der Waals surface area contributed by atoms with E-state index in [2.05, 4.69) is 31.0 Å². The minimum absolute atomic E-state index is 0.0145. The monoisotopic (exact) mass is 333 g/mol. The Morgan fingerprint density at radius 3 is 2.83 bits per heavy atom. The molecule has 1 aliphatic heterocycles. The van der Waals surface area contributed by atoms with E-state index >= 15 is 0 Å². The van der Waals surface area contributed by atoms with Gasteiger partial charge in [-0.25, -0.2) is 0 Å². The predicted octanol–water partition coefficient (Wildman–Crippen LogP) is 3.61. The first-order valence-corrected chi connectivity index (χ1v) is 8.70. The van der Waals surface area contributed by atoms with Gasteiger partial charge in [0.25, 0.3) is 11.6 Å². The van der Waals surface area contributed by atoms with Gasteiger partial charge in [0.15, 0.2) is 0 Å². The zero-order chi connectivity index (χ0) is 17.7. The lowest BCUT2D eigenvalue weighted by molar-refractivity contribution is -0.384. The zero-order valence-electron chi connectivity index (χ0n) is 14.7. The number of rotatable bonds is 6. The first-order valence-electron chi connectivity index (χ1n) is 8.70. The summed E-state index contributed by atoms with van der Waals surface area (Å²) in [6, 6.07) is 4.80. The molecule has 6 heteroatoms. The second-order valence-corrected chi connectivity index (χ2v) is 7.09. The van der Waals surface area contributed by atoms with Crippen molar-refractivity contribution in [3.05, 3.63) is 33.9 Å². The summed E-state index contributed by atoms with van der Waals surface area (Å²) < 4.78 is 0. The molecule has 1 aromatic carbocycles. The molecule has 1 saturated heterocycles. The lowest BCUT2D eigenvalue weighted by atomic mass is 9.99. The number of carbonyl (C=O) groups excluding carboxylic acids is 1. The highest BCUT2D eigenvalue weighted by atomic mass is 16.6. The van der Waals surface area contributed by atoms with Gasteiger partial charge in [-0.15, -0.1) is 0 Å². The Morgan fingerprint density at radius 1 is 1.46 bits per heavy atom. The molecule has 1 unspecified atom stereocenters. The van der Waals surface area contributed by atoms with Gasteiger partial charge in [0.1, 0.15) is 5.69 Å². The number of nitro groups is 1. The van der Waals surface area contributed by atoms with Gasteiger partial charge in [-0.2, -0.15) is 0 Å². The third kappa shape index (κ3) is 4.69. The van der Waals surface area contributed by atoms with E-state index in [0.29, 0.717) is 29.6 Å². The van der Waals surface area contributed by atoms with Crippen molar-refractivity contribution in [2.45, 2.75) is 40.0 Å². The van der Waals surface area contributed by atoms with E-state index in [1.54, 1.807) is 12.1 Å². The molecule has 2 rings (SSSR count). The van der Waals surface area contributed by atoms with Gasteiger partial charge in [0.05, 0.1) is 4.92 Å². The van der Waals surface area contributed by atoms with Crippen molar-refractivity contribution in [2.75, 3.05) is 24.5 Å². The van der Waals surface area contributed by atoms with E-state index in [9.17, 15) is 14.9 Å². The molecule has 1 N–H and O–H groups in total. The molecule has 1 atom stereocenters. The third-order valence-electron chi connectivity index (χ3n) is 4.44. The summed E-state index contributed by atoms with van der Waals surface area (Å²) in [5.74, 6) is 0.776. The van der Waals surface area contributed by atoms with Crippen molar-refractivity contribution in [2.24, 2.45) is 11.8 Å². The van der Waals surface area contributed by atoms with Crippen molar-refractivity contribution in [3.8, 4) is 0 Å². The Morgan fingerprint density at radius 2 is 2.21 bits per heavy atom. The van der Waals surface area contributed by atoms with Crippen molar-refractivity contribution in [1.82, 2.24) is 5.32 Å². The van der Waals surface area contributed by atoms with Crippen LogP contribution in [-0.4, -0.2) is 30.5 Å². The summed E-state index contributed by atoms with van der Waals surface area (Å²) in [6.45, 7) is 8.56. The first-order chi connectivity index (χ1) is 11.4. The van der Waals surface area contributed by atoms with Gasteiger partial charge in [0.2, 0.25) is 0 Å². The summed E-state index contributed by atoms with van der Waals surface area (Å²) in [4.78, 5) is 25.3. The Kier molecular flexibility index (Phi) is 6.17. The SMILES string of the molecule is CC(C)CCNC(=O)c1ccc(N2CCCC(C)C2)c([N+](=O)[O-])c1. The molecule has 1 aliphatic rings. The quantitative estimate of drug-likeness (QED) is 0.637. The van der Waals surface area contributed by atoms with Crippen molar-refractivity contribution in [3.63, 3.8) is 0 Å². The number of benzene rings is 1. The fraction of sp³-hybridized carbons (Fsp3) is 0.611. The van der Waals surface area contributed by atoms with Gasteiger partial charge in [0, 0.05) is 31.3 Å². The van der Waals surface area contributed by atoms with Crippen LogP contribution in [0, 0.1) is 22.0 Å². The molecule has 1 amide bonds. The zero-order valence-corrected chi connectivity index (χ0v) is 14.7. The predicted molar refractivity (Wildman–Crippen MR) is 95.5 cm³/mol. The van der Waals surface area contributed by atoms with Gasteiger partial charge in [-0.1, -0.05) is 20.8 Å². The van der Waals surface area contributed by atoms with Crippen LogP contribution in [-0.2, 0) is 0 Å². The maximum absolute atomic E-state index is 12.2. The first kappa shape index (κ1) is 18.2. The number of amides is 1. The van der Waals surface area contributed by atoms with Crippen LogP contribution in [0.5, 0.6) is 0 Å². The van der Waals surface area contributed by atoms with Gasteiger partial charge >= 0.3 is 0 Å². The van der Waals surface area contributed by atoms with Crippen LogP contribution < -0.4 is 10.2 Å². The average molecular weight is 333 g/mol. The largest absolute Gasteiger partial charge is 0.366 e. The maximum Gasteiger partial charge on any atom is 0.293 e. The molecule has 0 bridgehead atoms. The minimum Gasteiger partial charge on any atom is -0.366 e. The van der Waals surface area contributed by atoms with E-state index in [1.165, 1.54) is 6.07 Å². The van der Waals surface area contributed by atoms with Crippen LogP contribution in [0.15, 0.2) is 18.2 Å². The van der Waals surface area contributed by atoms with Crippen LogP contribution in [0.4, 0.5) is 11.4 Å². The highest BCUT2D eigenvalue weighted by Gasteiger charge is 2.25. The smallest absolute Gasteiger partial charge is 0.293 e. The number of piperidine rings is 1. The molecule has 1 aromatic rings. The fourth-order valence-corrected chi connectivity index (χ4v) is 3.06. The second-order valence-electron chi connectivity index (χ2n) is 7.09. The fourth-order valence-electron chi connectivity index (χ4n) is 3.06. The van der Waals surface area contributed by atoms with E-state index in [0.717, 1.165) is 32.4 Å². The molecule has 0 spiro atoms. The van der Waals surface area contributed by atoms with Crippen LogP contribution in [0.3, 0.4) is 0 Å². The Balaban J connectivity index is 2.17. The Bertz CT molecular complexity index is 601. The summed E-state index contributed by atoms with van der Waals surface area (Å²) >= 11 is 0. The molecule has 0 aromatic heterocycles. The summed E-state index contributed by atoms with van der Waals surface area (Å²) in [5, 5.41) is 14.3. The van der Waals surface area contributed by atoms with Crippen LogP contribution >= 0.6 is 0 Å². The summed E-state index contributed by atoms with van der Waals surface area (Å²) in [5.41, 5.74) is 0.977. The summed E-state index contributed by atoms with van der Waals surface area (Å²) in [7, 11) is 0. The van der Waals surface area contributed by atoms with Crippen LogP contribution in [0.2, 0.25) is 0 Å². The number of nitro benzene ring substituents is 1. The van der Waals surface area contributed by atoms with Gasteiger partial charge in [-0.05, 0) is 43.2 Å². The highest BCUT2D eigenvalue weighted by Crippen LogP contribution is 2.32. The standard InChI is InChI=1S/C18H27N3O3/c1-13(2)8-9-19-18(22)15-6-7-16(17(11-15)21(23)24)20-10-4-5-14(3)12-20/h6-7,11,13-14H,4-5,8-10,12H2,1-3H3,(H,19,22). The molecule has 0 saturated carbocycles. The number of hydrogen-bond acceptors (Lipinski definition) is 4. The number of carbonyl (C=O) groups is 1. The van der Waals surface area contributed by atoms with E-state index in [-0.39, 0.29) is 16.5 Å². The van der Waals surface area contributed by atoms with Crippen molar-refractivity contribution in [1.29, 1.82) is 0 Å². The van der Waals surface area contributed by atoms with Crippen molar-refractivity contribution < 1.29 is 9.72 Å². The Labute approximate surface area is 143 Å². The van der Waals surface area contributed by atoms with Gasteiger partial charge < -0.3 is 10.2 Å². The number of hydrogen-bond donors (Lipinski definition) is 1. The van der Waals surface area contributed by atoms with Crippen LogP contribution in [0.1, 0.15) is 50.4 Å². The van der Waals surface area contributed by atoms with Crippen LogP contribution in [0.25, 0.3) is 0 Å². The molecule has 24 heavy (non-hydrogen) atoms. The van der Waals surface area contributed by atoms with E-state index in [1.807, 2.05) is 0 Å².